The minimum atomic E-state index is -4.33. The van der Waals surface area contributed by atoms with Gasteiger partial charge in [0.1, 0.15) is 30.0 Å². The SMILES string of the molecule is COc1ccc(S(=O)(=O)N(CC(=O)N(Cc2ccccc2F)[C@H](C)C(=O)NC(C)C)c2ccc(F)cc2)cc1. The molecule has 3 aromatic carbocycles. The van der Waals surface area contributed by atoms with Crippen molar-refractivity contribution in [3.63, 3.8) is 0 Å². The van der Waals surface area contributed by atoms with Crippen LogP contribution < -0.4 is 14.4 Å². The maximum atomic E-state index is 14.5. The van der Waals surface area contributed by atoms with E-state index in [9.17, 15) is 26.8 Å². The normalized spacial score (nSPS) is 12.1. The second-order valence-corrected chi connectivity index (χ2v) is 11.0. The average Bonchev–Trinajstić information content (AvgIpc) is 2.91. The number of carbonyl (C=O) groups is 2. The van der Waals surface area contributed by atoms with Gasteiger partial charge >= 0.3 is 0 Å². The molecular formula is C28H31F2N3O5S. The molecule has 3 aromatic rings. The van der Waals surface area contributed by atoms with E-state index < -0.39 is 46.1 Å². The molecule has 8 nitrogen and oxygen atoms in total. The zero-order chi connectivity index (χ0) is 28.7. The molecule has 1 atom stereocenters. The van der Waals surface area contributed by atoms with Gasteiger partial charge in [-0.15, -0.1) is 0 Å². The van der Waals surface area contributed by atoms with Crippen molar-refractivity contribution in [1.82, 2.24) is 10.2 Å². The van der Waals surface area contributed by atoms with E-state index in [4.69, 9.17) is 4.74 Å². The highest BCUT2D eigenvalue weighted by atomic mass is 32.2. The van der Waals surface area contributed by atoms with E-state index in [1.165, 1.54) is 68.6 Å². The Labute approximate surface area is 227 Å². The lowest BCUT2D eigenvalue weighted by atomic mass is 10.1. The van der Waals surface area contributed by atoms with Crippen molar-refractivity contribution < 1.29 is 31.5 Å². The Morgan fingerprint density at radius 2 is 1.54 bits per heavy atom. The first-order valence-corrected chi connectivity index (χ1v) is 13.6. The summed E-state index contributed by atoms with van der Waals surface area (Å²) in [5.74, 6) is -1.98. The molecule has 208 valence electrons. The van der Waals surface area contributed by atoms with Crippen molar-refractivity contribution in [1.29, 1.82) is 0 Å². The first-order chi connectivity index (χ1) is 18.4. The molecule has 1 N–H and O–H groups in total. The highest BCUT2D eigenvalue weighted by Crippen LogP contribution is 2.26. The van der Waals surface area contributed by atoms with Crippen LogP contribution in [0.25, 0.3) is 0 Å². The third-order valence-corrected chi connectivity index (χ3v) is 7.73. The Bertz CT molecular complexity index is 1400. The van der Waals surface area contributed by atoms with Gasteiger partial charge in [-0.3, -0.25) is 13.9 Å². The van der Waals surface area contributed by atoms with Gasteiger partial charge in [-0.2, -0.15) is 0 Å². The zero-order valence-electron chi connectivity index (χ0n) is 22.1. The van der Waals surface area contributed by atoms with Gasteiger partial charge in [-0.25, -0.2) is 17.2 Å². The fourth-order valence-corrected chi connectivity index (χ4v) is 5.22. The Morgan fingerprint density at radius 1 is 0.923 bits per heavy atom. The molecule has 0 aliphatic heterocycles. The number of sulfonamides is 1. The lowest BCUT2D eigenvalue weighted by Gasteiger charge is -2.32. The number of nitrogens with one attached hydrogen (secondary N) is 1. The van der Waals surface area contributed by atoms with Crippen LogP contribution in [0.15, 0.2) is 77.7 Å². The summed E-state index contributed by atoms with van der Waals surface area (Å²) in [6.45, 7) is 3.99. The van der Waals surface area contributed by atoms with Gasteiger partial charge in [0.15, 0.2) is 0 Å². The van der Waals surface area contributed by atoms with Gasteiger partial charge in [0, 0.05) is 18.2 Å². The Balaban J connectivity index is 2.04. The Morgan fingerprint density at radius 3 is 2.10 bits per heavy atom. The Hall–Kier alpha value is -3.99. The Kier molecular flexibility index (Phi) is 9.63. The van der Waals surface area contributed by atoms with Gasteiger partial charge in [-0.1, -0.05) is 18.2 Å². The van der Waals surface area contributed by atoms with Gasteiger partial charge in [-0.05, 0) is 75.4 Å². The number of methoxy groups -OCH3 is 1. The number of rotatable bonds is 11. The van der Waals surface area contributed by atoms with Crippen LogP contribution in [0.1, 0.15) is 26.3 Å². The first kappa shape index (κ1) is 29.6. The van der Waals surface area contributed by atoms with Gasteiger partial charge in [0.2, 0.25) is 11.8 Å². The fraction of sp³-hybridized carbons (Fsp3) is 0.286. The minimum absolute atomic E-state index is 0.0331. The van der Waals surface area contributed by atoms with E-state index in [-0.39, 0.29) is 28.7 Å². The summed E-state index contributed by atoms with van der Waals surface area (Å²) in [6, 6.07) is 14.7. The van der Waals surface area contributed by atoms with Crippen molar-refractivity contribution in [3.8, 4) is 5.75 Å². The van der Waals surface area contributed by atoms with Crippen LogP contribution in [0.5, 0.6) is 5.75 Å². The number of amides is 2. The molecule has 0 saturated carbocycles. The predicted molar refractivity (Wildman–Crippen MR) is 144 cm³/mol. The summed E-state index contributed by atoms with van der Waals surface area (Å²) in [5, 5.41) is 2.72. The number of hydrogen-bond acceptors (Lipinski definition) is 5. The highest BCUT2D eigenvalue weighted by molar-refractivity contribution is 7.92. The standard InChI is InChI=1S/C28H31F2N3O5S/c1-19(2)31-28(35)20(3)32(17-21-7-5-6-8-26(21)30)27(34)18-33(23-11-9-22(29)10-12-23)39(36,37)25-15-13-24(38-4)14-16-25/h5-16,19-20H,17-18H2,1-4H3,(H,31,35)/t20-/m1/s1. The smallest absolute Gasteiger partial charge is 0.264 e. The summed E-state index contributed by atoms with van der Waals surface area (Å²) in [6.07, 6.45) is 0. The van der Waals surface area contributed by atoms with E-state index in [1.807, 2.05) is 0 Å². The molecule has 0 heterocycles. The molecule has 0 fully saturated rings. The quantitative estimate of drug-likeness (QED) is 0.382. The summed E-state index contributed by atoms with van der Waals surface area (Å²) in [5.41, 5.74) is 0.187. The molecule has 0 saturated heterocycles. The maximum absolute atomic E-state index is 14.5. The van der Waals surface area contributed by atoms with Crippen LogP contribution >= 0.6 is 0 Å². The predicted octanol–water partition coefficient (Wildman–Crippen LogP) is 4.11. The molecule has 0 aromatic heterocycles. The zero-order valence-corrected chi connectivity index (χ0v) is 22.9. The van der Waals surface area contributed by atoms with Gasteiger partial charge < -0.3 is 15.0 Å². The largest absolute Gasteiger partial charge is 0.497 e. The molecule has 2 amide bonds. The number of hydrogen-bond donors (Lipinski definition) is 1. The van der Waals surface area contributed by atoms with E-state index in [0.29, 0.717) is 5.75 Å². The van der Waals surface area contributed by atoms with Crippen LogP contribution in [0.4, 0.5) is 14.5 Å². The third kappa shape index (κ3) is 7.32. The molecule has 0 radical (unpaired) electrons. The number of anilines is 1. The minimum Gasteiger partial charge on any atom is -0.497 e. The van der Waals surface area contributed by atoms with E-state index >= 15 is 0 Å². The van der Waals surface area contributed by atoms with E-state index in [2.05, 4.69) is 5.32 Å². The van der Waals surface area contributed by atoms with Crippen molar-refractivity contribution in [2.75, 3.05) is 18.0 Å². The lowest BCUT2D eigenvalue weighted by Crippen LogP contribution is -2.52. The van der Waals surface area contributed by atoms with Crippen LogP contribution in [0.2, 0.25) is 0 Å². The van der Waals surface area contributed by atoms with Crippen LogP contribution in [-0.4, -0.2) is 50.9 Å². The third-order valence-electron chi connectivity index (χ3n) is 5.94. The second kappa shape index (κ2) is 12.7. The summed E-state index contributed by atoms with van der Waals surface area (Å²) >= 11 is 0. The molecule has 0 aliphatic carbocycles. The molecule has 11 heteroatoms. The number of carbonyl (C=O) groups excluding carboxylic acids is 2. The topological polar surface area (TPSA) is 96.0 Å². The highest BCUT2D eigenvalue weighted by Gasteiger charge is 2.33. The van der Waals surface area contributed by atoms with Crippen molar-refractivity contribution in [3.05, 3.63) is 90.0 Å². The fourth-order valence-electron chi connectivity index (χ4n) is 3.81. The molecule has 0 aliphatic rings. The number of benzene rings is 3. The first-order valence-electron chi connectivity index (χ1n) is 12.2. The van der Waals surface area contributed by atoms with Crippen molar-refractivity contribution in [2.45, 2.75) is 44.3 Å². The number of nitrogens with zero attached hydrogens (tertiary/aromatic N) is 2. The van der Waals surface area contributed by atoms with Crippen LogP contribution in [-0.2, 0) is 26.2 Å². The second-order valence-electron chi connectivity index (χ2n) is 9.12. The molecule has 3 rings (SSSR count). The number of ether oxygens (including phenoxy) is 1. The number of halogens is 2. The molecule has 0 unspecified atom stereocenters. The molecule has 39 heavy (non-hydrogen) atoms. The van der Waals surface area contributed by atoms with Crippen LogP contribution in [0.3, 0.4) is 0 Å². The molecule has 0 bridgehead atoms. The van der Waals surface area contributed by atoms with Crippen LogP contribution in [0, 0.1) is 11.6 Å². The summed E-state index contributed by atoms with van der Waals surface area (Å²) in [4.78, 5) is 27.6. The molecular weight excluding hydrogens is 528 g/mol. The molecule has 0 spiro atoms. The van der Waals surface area contributed by atoms with Crippen molar-refractivity contribution >= 4 is 27.5 Å². The monoisotopic (exact) mass is 559 g/mol. The van der Waals surface area contributed by atoms with Crippen molar-refractivity contribution in [2.24, 2.45) is 0 Å². The average molecular weight is 560 g/mol. The van der Waals surface area contributed by atoms with E-state index in [1.54, 1.807) is 19.9 Å². The lowest BCUT2D eigenvalue weighted by molar-refractivity contribution is -0.139. The van der Waals surface area contributed by atoms with Gasteiger partial charge in [0.25, 0.3) is 10.0 Å². The van der Waals surface area contributed by atoms with E-state index in [0.717, 1.165) is 21.3 Å². The summed E-state index contributed by atoms with van der Waals surface area (Å²) < 4.78 is 61.6. The summed E-state index contributed by atoms with van der Waals surface area (Å²) in [7, 11) is -2.90. The maximum Gasteiger partial charge on any atom is 0.264 e. The van der Waals surface area contributed by atoms with Gasteiger partial charge in [0.05, 0.1) is 17.7 Å².